The molecule has 1 amide bonds. The van der Waals surface area contributed by atoms with Crippen molar-refractivity contribution in [1.82, 2.24) is 10.3 Å². The molecule has 4 nitrogen and oxygen atoms in total. The zero-order valence-electron chi connectivity index (χ0n) is 9.16. The number of aromatic nitrogens is 1. The Morgan fingerprint density at radius 3 is 3.00 bits per heavy atom. The number of nitrogens with one attached hydrogen (secondary N) is 1. The van der Waals surface area contributed by atoms with Gasteiger partial charge in [-0.3, -0.25) is 9.78 Å². The molecule has 0 aliphatic rings. The van der Waals surface area contributed by atoms with E-state index < -0.39 is 0 Å². The minimum absolute atomic E-state index is 0.0201. The Kier molecular flexibility index (Phi) is 4.24. The van der Waals surface area contributed by atoms with Gasteiger partial charge in [0.1, 0.15) is 0 Å². The van der Waals surface area contributed by atoms with Gasteiger partial charge in [0.15, 0.2) is 0 Å². The summed E-state index contributed by atoms with van der Waals surface area (Å²) in [5.41, 5.74) is 7.69. The van der Waals surface area contributed by atoms with Crippen molar-refractivity contribution < 1.29 is 4.79 Å². The van der Waals surface area contributed by atoms with Crippen molar-refractivity contribution in [2.24, 2.45) is 5.73 Å². The summed E-state index contributed by atoms with van der Waals surface area (Å²) in [6.45, 7) is 4.33. The van der Waals surface area contributed by atoms with Crippen molar-refractivity contribution in [3.05, 3.63) is 29.6 Å². The van der Waals surface area contributed by atoms with Crippen molar-refractivity contribution in [3.8, 4) is 0 Å². The number of hydrogen-bond donors (Lipinski definition) is 2. The maximum Gasteiger partial charge on any atom is 0.221 e. The molecule has 0 fully saturated rings. The van der Waals surface area contributed by atoms with Gasteiger partial charge in [-0.05, 0) is 31.0 Å². The SMILES string of the molecule is Cc1ccncc1CNC(=O)CC(C)N. The molecule has 0 aromatic carbocycles. The molecule has 1 unspecified atom stereocenters. The molecule has 0 saturated carbocycles. The van der Waals surface area contributed by atoms with E-state index in [1.54, 1.807) is 12.4 Å². The molecule has 1 heterocycles. The van der Waals surface area contributed by atoms with Gasteiger partial charge >= 0.3 is 0 Å². The highest BCUT2D eigenvalue weighted by atomic mass is 16.1. The van der Waals surface area contributed by atoms with Crippen LogP contribution in [0.4, 0.5) is 0 Å². The van der Waals surface area contributed by atoms with Crippen molar-refractivity contribution in [2.45, 2.75) is 32.9 Å². The molecular formula is C11H17N3O. The predicted octanol–water partition coefficient (Wildman–Crippen LogP) is 0.744. The molecule has 1 atom stereocenters. The van der Waals surface area contributed by atoms with E-state index in [0.717, 1.165) is 11.1 Å². The lowest BCUT2D eigenvalue weighted by Crippen LogP contribution is -2.29. The van der Waals surface area contributed by atoms with E-state index >= 15 is 0 Å². The number of nitrogens with zero attached hydrogens (tertiary/aromatic N) is 1. The van der Waals surface area contributed by atoms with Crippen molar-refractivity contribution in [2.75, 3.05) is 0 Å². The molecular weight excluding hydrogens is 190 g/mol. The highest BCUT2D eigenvalue weighted by Crippen LogP contribution is 2.04. The first kappa shape index (κ1) is 11.7. The number of hydrogen-bond acceptors (Lipinski definition) is 3. The predicted molar refractivity (Wildman–Crippen MR) is 59.1 cm³/mol. The summed E-state index contributed by atoms with van der Waals surface area (Å²) in [6.07, 6.45) is 3.86. The molecule has 1 aromatic heterocycles. The van der Waals surface area contributed by atoms with E-state index in [-0.39, 0.29) is 11.9 Å². The molecule has 0 aliphatic carbocycles. The lowest BCUT2D eigenvalue weighted by molar-refractivity contribution is -0.121. The third-order valence-corrected chi connectivity index (χ3v) is 2.13. The summed E-state index contributed by atoms with van der Waals surface area (Å²) >= 11 is 0. The van der Waals surface area contributed by atoms with Crippen LogP contribution >= 0.6 is 0 Å². The summed E-state index contributed by atoms with van der Waals surface area (Å²) < 4.78 is 0. The summed E-state index contributed by atoms with van der Waals surface area (Å²) in [7, 11) is 0. The lowest BCUT2D eigenvalue weighted by Gasteiger charge is -2.08. The van der Waals surface area contributed by atoms with Crippen LogP contribution in [0.1, 0.15) is 24.5 Å². The first-order valence-electron chi connectivity index (χ1n) is 5.01. The van der Waals surface area contributed by atoms with E-state index in [1.807, 2.05) is 19.9 Å². The van der Waals surface area contributed by atoms with E-state index in [0.29, 0.717) is 13.0 Å². The van der Waals surface area contributed by atoms with Crippen molar-refractivity contribution >= 4 is 5.91 Å². The van der Waals surface area contributed by atoms with Crippen LogP contribution in [0.15, 0.2) is 18.5 Å². The van der Waals surface area contributed by atoms with E-state index in [9.17, 15) is 4.79 Å². The normalized spacial score (nSPS) is 12.2. The van der Waals surface area contributed by atoms with Gasteiger partial charge in [-0.2, -0.15) is 0 Å². The Morgan fingerprint density at radius 1 is 1.67 bits per heavy atom. The number of rotatable bonds is 4. The van der Waals surface area contributed by atoms with Crippen LogP contribution in [-0.4, -0.2) is 16.9 Å². The summed E-state index contributed by atoms with van der Waals surface area (Å²) in [5, 5.41) is 2.81. The number of nitrogens with two attached hydrogens (primary N) is 1. The van der Waals surface area contributed by atoms with Crippen LogP contribution in [0.5, 0.6) is 0 Å². The first-order valence-corrected chi connectivity index (χ1v) is 5.01. The number of carbonyl (C=O) groups excluding carboxylic acids is 1. The van der Waals surface area contributed by atoms with E-state index in [2.05, 4.69) is 10.3 Å². The molecule has 0 saturated heterocycles. The topological polar surface area (TPSA) is 68.0 Å². The highest BCUT2D eigenvalue weighted by molar-refractivity contribution is 5.76. The molecule has 4 heteroatoms. The minimum Gasteiger partial charge on any atom is -0.352 e. The largest absolute Gasteiger partial charge is 0.352 e. The third-order valence-electron chi connectivity index (χ3n) is 2.13. The Hall–Kier alpha value is -1.42. The average molecular weight is 207 g/mol. The average Bonchev–Trinajstić information content (AvgIpc) is 2.15. The van der Waals surface area contributed by atoms with E-state index in [1.165, 1.54) is 0 Å². The standard InChI is InChI=1S/C11H17N3O/c1-8-3-4-13-6-10(8)7-14-11(15)5-9(2)12/h3-4,6,9H,5,7,12H2,1-2H3,(H,14,15). The van der Waals surface area contributed by atoms with Crippen LogP contribution in [0.2, 0.25) is 0 Å². The van der Waals surface area contributed by atoms with Gasteiger partial charge in [0, 0.05) is 31.4 Å². The van der Waals surface area contributed by atoms with Crippen LogP contribution in [0, 0.1) is 6.92 Å². The number of pyridine rings is 1. The number of aryl methyl sites for hydroxylation is 1. The summed E-state index contributed by atoms with van der Waals surface area (Å²) in [5.74, 6) is -0.0201. The molecule has 0 bridgehead atoms. The molecule has 0 aliphatic heterocycles. The van der Waals surface area contributed by atoms with Gasteiger partial charge in [-0.25, -0.2) is 0 Å². The highest BCUT2D eigenvalue weighted by Gasteiger charge is 2.05. The van der Waals surface area contributed by atoms with Gasteiger partial charge in [0.05, 0.1) is 0 Å². The maximum atomic E-state index is 11.3. The van der Waals surface area contributed by atoms with Gasteiger partial charge in [-0.1, -0.05) is 0 Å². The summed E-state index contributed by atoms with van der Waals surface area (Å²) in [4.78, 5) is 15.3. The number of amides is 1. The third kappa shape index (κ3) is 4.08. The second-order valence-corrected chi connectivity index (χ2v) is 3.76. The smallest absolute Gasteiger partial charge is 0.221 e. The van der Waals surface area contributed by atoms with Crippen LogP contribution in [-0.2, 0) is 11.3 Å². The van der Waals surface area contributed by atoms with Gasteiger partial charge in [-0.15, -0.1) is 0 Å². The molecule has 0 radical (unpaired) electrons. The van der Waals surface area contributed by atoms with Crippen LogP contribution in [0.25, 0.3) is 0 Å². The molecule has 0 spiro atoms. The molecule has 15 heavy (non-hydrogen) atoms. The summed E-state index contributed by atoms with van der Waals surface area (Å²) in [6, 6.07) is 1.83. The van der Waals surface area contributed by atoms with Crippen molar-refractivity contribution in [1.29, 1.82) is 0 Å². The fraction of sp³-hybridized carbons (Fsp3) is 0.455. The van der Waals surface area contributed by atoms with E-state index in [4.69, 9.17) is 5.73 Å². The quantitative estimate of drug-likeness (QED) is 0.765. The second kappa shape index (κ2) is 5.46. The Balaban J connectivity index is 2.44. The molecule has 1 aromatic rings. The van der Waals surface area contributed by atoms with Gasteiger partial charge < -0.3 is 11.1 Å². The number of carbonyl (C=O) groups is 1. The fourth-order valence-corrected chi connectivity index (χ4v) is 1.24. The minimum atomic E-state index is -0.0972. The fourth-order valence-electron chi connectivity index (χ4n) is 1.24. The van der Waals surface area contributed by atoms with Gasteiger partial charge in [0.25, 0.3) is 0 Å². The molecule has 82 valence electrons. The Morgan fingerprint density at radius 2 is 2.40 bits per heavy atom. The van der Waals surface area contributed by atoms with Crippen LogP contribution < -0.4 is 11.1 Å². The Labute approximate surface area is 89.9 Å². The van der Waals surface area contributed by atoms with Crippen molar-refractivity contribution in [3.63, 3.8) is 0 Å². The zero-order chi connectivity index (χ0) is 11.3. The molecule has 1 rings (SSSR count). The lowest BCUT2D eigenvalue weighted by atomic mass is 10.1. The van der Waals surface area contributed by atoms with Crippen LogP contribution in [0.3, 0.4) is 0 Å². The van der Waals surface area contributed by atoms with Gasteiger partial charge in [0.2, 0.25) is 5.91 Å². The first-order chi connectivity index (χ1) is 7.09. The monoisotopic (exact) mass is 207 g/mol. The maximum absolute atomic E-state index is 11.3. The molecule has 3 N–H and O–H groups in total. The zero-order valence-corrected chi connectivity index (χ0v) is 9.16. The Bertz CT molecular complexity index is 336. The second-order valence-electron chi connectivity index (χ2n) is 3.76.